The van der Waals surface area contributed by atoms with Crippen molar-refractivity contribution in [2.45, 2.75) is 46.0 Å². The molecular weight excluding hydrogens is 324 g/mol. The monoisotopic (exact) mass is 354 g/mol. The van der Waals surface area contributed by atoms with E-state index < -0.39 is 0 Å². The molecule has 4 nitrogen and oxygen atoms in total. The van der Waals surface area contributed by atoms with Crippen molar-refractivity contribution in [1.29, 1.82) is 0 Å². The second-order valence-electron chi connectivity index (χ2n) is 6.63. The average Bonchev–Trinajstić information content (AvgIpc) is 2.68. The zero-order valence-electron chi connectivity index (χ0n) is 14.5. The van der Waals surface area contributed by atoms with Crippen molar-refractivity contribution in [2.24, 2.45) is 0 Å². The molecule has 0 radical (unpaired) electrons. The van der Waals surface area contributed by atoms with Gasteiger partial charge in [-0.1, -0.05) is 25.6 Å². The summed E-state index contributed by atoms with van der Waals surface area (Å²) in [6, 6.07) is 11.4. The lowest BCUT2D eigenvalue weighted by Crippen LogP contribution is -2.35. The molecule has 0 bridgehead atoms. The Morgan fingerprint density at radius 3 is 2.38 bits per heavy atom. The second kappa shape index (κ2) is 9.85. The van der Waals surface area contributed by atoms with Gasteiger partial charge < -0.3 is 4.90 Å². The Bertz CT molecular complexity index is 711. The molecule has 2 heterocycles. The maximum atomic E-state index is 12.4. The molecule has 4 heteroatoms. The van der Waals surface area contributed by atoms with Crippen molar-refractivity contribution >= 4 is 11.7 Å². The van der Waals surface area contributed by atoms with Crippen LogP contribution in [0.1, 0.15) is 56.0 Å². The molecule has 1 aliphatic rings. The predicted molar refractivity (Wildman–Crippen MR) is 106 cm³/mol. The number of piperidine rings is 1. The zero-order chi connectivity index (χ0) is 17.5. The zero-order valence-corrected chi connectivity index (χ0v) is 14.5. The van der Waals surface area contributed by atoms with E-state index in [0.29, 0.717) is 18.4 Å². The fraction of sp³-hybridized carbons (Fsp3) is 0.409. The summed E-state index contributed by atoms with van der Waals surface area (Å²) in [5.74, 6) is 0.313. The Balaban J connectivity index is 0.00000182. The predicted octanol–water partition coefficient (Wildman–Crippen LogP) is 4.33. The second-order valence-corrected chi connectivity index (χ2v) is 6.63. The van der Waals surface area contributed by atoms with Gasteiger partial charge in [0.15, 0.2) is 0 Å². The lowest BCUT2D eigenvalue weighted by molar-refractivity contribution is -0.118. The van der Waals surface area contributed by atoms with E-state index in [4.69, 9.17) is 0 Å². The normalized spacial score (nSPS) is 13.8. The largest absolute Gasteiger partial charge is 0.339 e. The number of amides is 1. The Morgan fingerprint density at radius 1 is 1.00 bits per heavy atom. The molecule has 1 saturated heterocycles. The third-order valence-corrected chi connectivity index (χ3v) is 4.66. The van der Waals surface area contributed by atoms with E-state index in [1.165, 1.54) is 6.42 Å². The van der Waals surface area contributed by atoms with E-state index >= 15 is 0 Å². The van der Waals surface area contributed by atoms with Gasteiger partial charge in [-0.2, -0.15) is 0 Å². The topological polar surface area (TPSA) is 50.3 Å². The first-order valence-electron chi connectivity index (χ1n) is 9.01. The number of rotatable bonds is 6. The number of carbonyl (C=O) groups is 2. The van der Waals surface area contributed by atoms with Crippen LogP contribution in [-0.2, 0) is 17.6 Å². The lowest BCUT2D eigenvalue weighted by atomic mass is 10.0. The highest BCUT2D eigenvalue weighted by Crippen LogP contribution is 2.14. The fourth-order valence-electron chi connectivity index (χ4n) is 3.19. The molecule has 1 fully saturated rings. The molecule has 26 heavy (non-hydrogen) atoms. The minimum absolute atomic E-state index is 0. The first-order chi connectivity index (χ1) is 12.2. The van der Waals surface area contributed by atoms with Crippen LogP contribution < -0.4 is 0 Å². The third kappa shape index (κ3) is 5.51. The molecular formula is C22H30N2O2. The van der Waals surface area contributed by atoms with Gasteiger partial charge in [0.1, 0.15) is 5.78 Å². The SMILES string of the molecule is C.O=C(CCc1cccnc1)Cc1ccc(C(=O)N2CCCCC2)cc1.[HH]. The van der Waals surface area contributed by atoms with Gasteiger partial charge in [0, 0.05) is 45.3 Å². The number of ketones is 1. The Labute approximate surface area is 157 Å². The molecule has 1 amide bonds. The van der Waals surface area contributed by atoms with E-state index in [1.54, 1.807) is 12.4 Å². The van der Waals surface area contributed by atoms with Gasteiger partial charge in [-0.3, -0.25) is 14.6 Å². The fourth-order valence-corrected chi connectivity index (χ4v) is 3.19. The summed E-state index contributed by atoms with van der Waals surface area (Å²) < 4.78 is 0. The van der Waals surface area contributed by atoms with Gasteiger partial charge in [-0.05, 0) is 55.0 Å². The van der Waals surface area contributed by atoms with Crippen molar-refractivity contribution in [1.82, 2.24) is 9.88 Å². The number of hydrogen-bond donors (Lipinski definition) is 0. The number of aryl methyl sites for hydroxylation is 1. The molecule has 2 aromatic rings. The van der Waals surface area contributed by atoms with Crippen LogP contribution >= 0.6 is 0 Å². The van der Waals surface area contributed by atoms with Crippen molar-refractivity contribution in [2.75, 3.05) is 13.1 Å². The summed E-state index contributed by atoms with van der Waals surface area (Å²) in [5.41, 5.74) is 2.76. The summed E-state index contributed by atoms with van der Waals surface area (Å²) in [4.78, 5) is 30.6. The number of hydrogen-bond acceptors (Lipinski definition) is 3. The molecule has 0 spiro atoms. The maximum absolute atomic E-state index is 12.4. The number of likely N-dealkylation sites (tertiary alicyclic amines) is 1. The number of benzene rings is 1. The van der Waals surface area contributed by atoms with Gasteiger partial charge in [0.25, 0.3) is 5.91 Å². The Hall–Kier alpha value is -2.49. The summed E-state index contributed by atoms with van der Waals surface area (Å²) in [6.07, 6.45) is 8.58. The van der Waals surface area contributed by atoms with E-state index in [9.17, 15) is 9.59 Å². The molecule has 0 N–H and O–H groups in total. The van der Waals surface area contributed by atoms with E-state index in [0.717, 1.165) is 43.5 Å². The molecule has 3 rings (SSSR count). The van der Waals surface area contributed by atoms with Gasteiger partial charge in [-0.15, -0.1) is 0 Å². The number of carbonyl (C=O) groups excluding carboxylic acids is 2. The van der Waals surface area contributed by atoms with Crippen molar-refractivity contribution < 1.29 is 11.0 Å². The van der Waals surface area contributed by atoms with Crippen LogP contribution in [0.3, 0.4) is 0 Å². The molecule has 0 unspecified atom stereocenters. The first-order valence-corrected chi connectivity index (χ1v) is 9.01. The van der Waals surface area contributed by atoms with Crippen LogP contribution in [0.25, 0.3) is 0 Å². The molecule has 1 aliphatic heterocycles. The van der Waals surface area contributed by atoms with Crippen LogP contribution in [0, 0.1) is 0 Å². The first kappa shape index (κ1) is 19.8. The summed E-state index contributed by atoms with van der Waals surface area (Å²) in [6.45, 7) is 1.71. The molecule has 0 aliphatic carbocycles. The van der Waals surface area contributed by atoms with E-state index in [1.807, 2.05) is 41.3 Å². The van der Waals surface area contributed by atoms with Crippen molar-refractivity contribution in [3.05, 3.63) is 65.5 Å². The van der Waals surface area contributed by atoms with Crippen LogP contribution in [0.5, 0.6) is 0 Å². The highest BCUT2D eigenvalue weighted by atomic mass is 16.2. The molecule has 0 saturated carbocycles. The minimum atomic E-state index is 0. The van der Waals surface area contributed by atoms with Gasteiger partial charge >= 0.3 is 0 Å². The quantitative estimate of drug-likeness (QED) is 0.775. The maximum Gasteiger partial charge on any atom is 0.253 e. The van der Waals surface area contributed by atoms with Crippen LogP contribution in [0.15, 0.2) is 48.8 Å². The minimum Gasteiger partial charge on any atom is -0.339 e. The average molecular weight is 354 g/mol. The highest BCUT2D eigenvalue weighted by molar-refractivity contribution is 5.94. The lowest BCUT2D eigenvalue weighted by Gasteiger charge is -2.26. The molecule has 140 valence electrons. The number of aromatic nitrogens is 1. The summed E-state index contributed by atoms with van der Waals surface area (Å²) >= 11 is 0. The Morgan fingerprint density at radius 2 is 1.73 bits per heavy atom. The van der Waals surface area contributed by atoms with Gasteiger partial charge in [-0.25, -0.2) is 0 Å². The van der Waals surface area contributed by atoms with Crippen LogP contribution in [-0.4, -0.2) is 34.7 Å². The number of nitrogens with zero attached hydrogens (tertiary/aromatic N) is 2. The Kier molecular flexibility index (Phi) is 7.52. The van der Waals surface area contributed by atoms with Gasteiger partial charge in [0.2, 0.25) is 0 Å². The summed E-state index contributed by atoms with van der Waals surface area (Å²) in [7, 11) is 0. The van der Waals surface area contributed by atoms with Crippen molar-refractivity contribution in [3.63, 3.8) is 0 Å². The van der Waals surface area contributed by atoms with E-state index in [2.05, 4.69) is 4.98 Å². The van der Waals surface area contributed by atoms with Crippen LogP contribution in [0.4, 0.5) is 0 Å². The summed E-state index contributed by atoms with van der Waals surface area (Å²) in [5, 5.41) is 0. The molecule has 0 atom stereocenters. The molecule has 1 aromatic carbocycles. The van der Waals surface area contributed by atoms with Gasteiger partial charge in [0.05, 0.1) is 0 Å². The highest BCUT2D eigenvalue weighted by Gasteiger charge is 2.18. The third-order valence-electron chi connectivity index (χ3n) is 4.66. The number of pyridine rings is 1. The van der Waals surface area contributed by atoms with Crippen molar-refractivity contribution in [3.8, 4) is 0 Å². The van der Waals surface area contributed by atoms with Crippen LogP contribution in [0.2, 0.25) is 0 Å². The number of Topliss-reactive ketones (excluding diaryl/α,β-unsaturated/α-hetero) is 1. The smallest absolute Gasteiger partial charge is 0.253 e. The molecule has 1 aromatic heterocycles. The standard InChI is InChI=1S/C21H24N2O2.CH4.H2/c24-20(11-8-18-5-4-12-22-16-18)15-17-6-9-19(10-7-17)21(25)23-13-2-1-3-14-23;;/h4-7,9-10,12,16H,1-3,8,11,13-15H2;1H4;1H. The van der Waals surface area contributed by atoms with E-state index in [-0.39, 0.29) is 20.5 Å².